The third-order valence-electron chi connectivity index (χ3n) is 4.26. The molecule has 5 aromatic rings. The summed E-state index contributed by atoms with van der Waals surface area (Å²) < 4.78 is 69.2. The van der Waals surface area contributed by atoms with Crippen molar-refractivity contribution in [3.63, 3.8) is 0 Å². The highest BCUT2D eigenvalue weighted by Gasteiger charge is 2.11. The van der Waals surface area contributed by atoms with Gasteiger partial charge in [0.25, 0.3) is 0 Å². The molecule has 1 nitrogen and oxygen atoms in total. The average Bonchev–Trinajstić information content (AvgIpc) is 3.17. The van der Waals surface area contributed by atoms with Crippen molar-refractivity contribution in [2.75, 3.05) is 0 Å². The maximum atomic E-state index is 9.01. The molecule has 0 aliphatic carbocycles. The molecule has 0 amide bonds. The Morgan fingerprint density at radius 3 is 1.96 bits per heavy atom. The maximum Gasteiger partial charge on any atom is 0.0651 e. The van der Waals surface area contributed by atoms with Crippen LogP contribution in [0.15, 0.2) is 96.9 Å². The first-order chi connectivity index (χ1) is 16.2. The van der Waals surface area contributed by atoms with E-state index in [1.54, 1.807) is 4.57 Å². The standard InChI is InChI=1S/C24H16ClN/c25-19-14-12-17(13-15-19)18-6-5-7-20(16-18)26-23-10-3-1-8-21(23)22-9-2-4-11-24(22)26/h1-16H/i5D,6D,7D,12D,13D,14D,15D,16D. The van der Waals surface area contributed by atoms with Crippen LogP contribution in [-0.4, -0.2) is 4.57 Å². The Hall–Kier alpha value is -3.03. The number of halogens is 1. The minimum atomic E-state index is -0.511. The Morgan fingerprint density at radius 1 is 0.692 bits per heavy atom. The van der Waals surface area contributed by atoms with E-state index in [1.165, 1.54) is 0 Å². The van der Waals surface area contributed by atoms with E-state index in [0.717, 1.165) is 10.8 Å². The zero-order chi connectivity index (χ0) is 24.5. The molecule has 0 fully saturated rings. The first-order valence-corrected chi connectivity index (χ1v) is 8.39. The van der Waals surface area contributed by atoms with Crippen molar-refractivity contribution >= 4 is 33.4 Å². The quantitative estimate of drug-likeness (QED) is 0.316. The van der Waals surface area contributed by atoms with Gasteiger partial charge in [0, 0.05) is 21.5 Å². The topological polar surface area (TPSA) is 4.93 Å². The molecule has 26 heavy (non-hydrogen) atoms. The highest BCUT2D eigenvalue weighted by molar-refractivity contribution is 6.30. The van der Waals surface area contributed by atoms with E-state index in [4.69, 9.17) is 22.6 Å². The van der Waals surface area contributed by atoms with Gasteiger partial charge in [-0.2, -0.15) is 0 Å². The van der Waals surface area contributed by atoms with Gasteiger partial charge in [0.1, 0.15) is 0 Å². The van der Waals surface area contributed by atoms with E-state index in [2.05, 4.69) is 0 Å². The minimum Gasteiger partial charge on any atom is -0.309 e. The second-order valence-electron chi connectivity index (χ2n) is 5.78. The molecular formula is C24H16ClN. The predicted molar refractivity (Wildman–Crippen MR) is 111 cm³/mol. The lowest BCUT2D eigenvalue weighted by Gasteiger charge is -2.10. The Kier molecular flexibility index (Phi) is 2.11. The van der Waals surface area contributed by atoms with E-state index in [0.29, 0.717) is 11.0 Å². The number of benzene rings is 4. The Morgan fingerprint density at radius 2 is 1.31 bits per heavy atom. The van der Waals surface area contributed by atoms with Crippen molar-refractivity contribution in [1.29, 1.82) is 0 Å². The molecule has 1 aromatic heterocycles. The molecule has 0 spiro atoms. The molecule has 0 unspecified atom stereocenters. The van der Waals surface area contributed by atoms with Crippen molar-refractivity contribution in [1.82, 2.24) is 4.57 Å². The van der Waals surface area contributed by atoms with Gasteiger partial charge in [-0.25, -0.2) is 0 Å². The zero-order valence-electron chi connectivity index (χ0n) is 21.4. The van der Waals surface area contributed by atoms with Crippen molar-refractivity contribution in [3.8, 4) is 16.8 Å². The lowest BCUT2D eigenvalue weighted by molar-refractivity contribution is 1.18. The summed E-state index contributed by atoms with van der Waals surface area (Å²) >= 11 is 5.95. The fraction of sp³-hybridized carbons (Fsp3) is 0. The van der Waals surface area contributed by atoms with Gasteiger partial charge < -0.3 is 4.57 Å². The molecule has 0 saturated carbocycles. The summed E-state index contributed by atoms with van der Waals surface area (Å²) in [5, 5.41) is 1.41. The minimum absolute atomic E-state index is 0.0280. The molecule has 4 aromatic carbocycles. The van der Waals surface area contributed by atoms with Gasteiger partial charge >= 0.3 is 0 Å². The molecule has 0 radical (unpaired) electrons. The number of hydrogen-bond donors (Lipinski definition) is 0. The molecule has 124 valence electrons. The van der Waals surface area contributed by atoms with Gasteiger partial charge in [0.05, 0.1) is 22.0 Å². The van der Waals surface area contributed by atoms with Crippen molar-refractivity contribution in [2.24, 2.45) is 0 Å². The maximum absolute atomic E-state index is 9.01. The van der Waals surface area contributed by atoms with Crippen molar-refractivity contribution in [3.05, 3.63) is 102 Å². The van der Waals surface area contributed by atoms with Crippen LogP contribution >= 0.6 is 11.6 Å². The van der Waals surface area contributed by atoms with E-state index < -0.39 is 36.3 Å². The lowest BCUT2D eigenvalue weighted by Crippen LogP contribution is -1.94. The van der Waals surface area contributed by atoms with Crippen LogP contribution in [0.1, 0.15) is 11.0 Å². The molecule has 0 saturated heterocycles. The van der Waals surface area contributed by atoms with Crippen LogP contribution in [0, 0.1) is 0 Å². The van der Waals surface area contributed by atoms with E-state index in [-0.39, 0.29) is 33.9 Å². The number of aromatic nitrogens is 1. The summed E-state index contributed by atoms with van der Waals surface area (Å²) in [6, 6.07) is 11.3. The third kappa shape index (κ3) is 2.40. The van der Waals surface area contributed by atoms with Crippen LogP contribution in [0.3, 0.4) is 0 Å². The molecule has 0 bridgehead atoms. The van der Waals surface area contributed by atoms with E-state index in [1.807, 2.05) is 48.5 Å². The van der Waals surface area contributed by atoms with Gasteiger partial charge in [0.15, 0.2) is 0 Å². The summed E-state index contributed by atoms with van der Waals surface area (Å²) in [6.45, 7) is 0. The summed E-state index contributed by atoms with van der Waals surface area (Å²) in [5.74, 6) is 0. The van der Waals surface area contributed by atoms with Crippen molar-refractivity contribution < 1.29 is 11.0 Å². The first-order valence-electron chi connectivity index (χ1n) is 12.0. The predicted octanol–water partition coefficient (Wildman–Crippen LogP) is 7.10. The zero-order valence-corrected chi connectivity index (χ0v) is 14.2. The SMILES string of the molecule is [2H]c1c([2H])c(-c2c([2H])c([2H])c(Cl)c([2H])c2[2H])c([2H])c(-n2c3ccccc3c3ccccc32)c1[2H]. The Balaban J connectivity index is 1.99. The Labute approximate surface area is 168 Å². The smallest absolute Gasteiger partial charge is 0.0651 e. The van der Waals surface area contributed by atoms with Crippen molar-refractivity contribution in [2.45, 2.75) is 0 Å². The van der Waals surface area contributed by atoms with Crippen LogP contribution in [0.5, 0.6) is 0 Å². The number of para-hydroxylation sites is 2. The van der Waals surface area contributed by atoms with Gasteiger partial charge in [0.2, 0.25) is 0 Å². The fourth-order valence-corrected chi connectivity index (χ4v) is 3.25. The normalized spacial score (nSPS) is 15.6. The lowest BCUT2D eigenvalue weighted by atomic mass is 10.1. The van der Waals surface area contributed by atoms with Gasteiger partial charge in [-0.05, 0) is 47.4 Å². The van der Waals surface area contributed by atoms with Gasteiger partial charge in [-0.15, -0.1) is 0 Å². The molecule has 0 N–H and O–H groups in total. The van der Waals surface area contributed by atoms with E-state index in [9.17, 15) is 0 Å². The molecule has 2 heteroatoms. The van der Waals surface area contributed by atoms with Crippen LogP contribution in [-0.2, 0) is 0 Å². The van der Waals surface area contributed by atoms with Gasteiger partial charge in [-0.3, -0.25) is 0 Å². The second kappa shape index (κ2) is 6.05. The molecule has 0 aliphatic heterocycles. The third-order valence-corrected chi connectivity index (χ3v) is 4.45. The summed E-state index contributed by atoms with van der Waals surface area (Å²) in [6.07, 6.45) is 0. The number of nitrogens with zero attached hydrogens (tertiary/aromatic N) is 1. The van der Waals surface area contributed by atoms with Crippen LogP contribution < -0.4 is 0 Å². The van der Waals surface area contributed by atoms with Crippen LogP contribution in [0.2, 0.25) is 5.02 Å². The first kappa shape index (κ1) is 9.07. The summed E-state index contributed by atoms with van der Waals surface area (Å²) in [7, 11) is 0. The second-order valence-corrected chi connectivity index (χ2v) is 6.16. The van der Waals surface area contributed by atoms with Gasteiger partial charge in [-0.1, -0.05) is 72.2 Å². The van der Waals surface area contributed by atoms with Crippen LogP contribution in [0.25, 0.3) is 38.6 Å². The molecular weight excluding hydrogens is 338 g/mol. The summed E-state index contributed by atoms with van der Waals surface area (Å²) in [4.78, 5) is 0. The average molecular weight is 362 g/mol. The Bertz CT molecular complexity index is 1580. The summed E-state index contributed by atoms with van der Waals surface area (Å²) in [5.41, 5.74) is 0.894. The number of hydrogen-bond acceptors (Lipinski definition) is 0. The van der Waals surface area contributed by atoms with Crippen LogP contribution in [0.4, 0.5) is 0 Å². The molecule has 5 rings (SSSR count). The monoisotopic (exact) mass is 361 g/mol. The largest absolute Gasteiger partial charge is 0.309 e. The highest BCUT2D eigenvalue weighted by atomic mass is 35.5. The number of rotatable bonds is 2. The molecule has 0 atom stereocenters. The van der Waals surface area contributed by atoms with E-state index >= 15 is 0 Å². The molecule has 0 aliphatic rings. The highest BCUT2D eigenvalue weighted by Crippen LogP contribution is 2.33. The molecule has 1 heterocycles. The fourth-order valence-electron chi connectivity index (χ4n) is 3.16. The number of fused-ring (bicyclic) bond motifs is 3.